The molecule has 2 nitrogen and oxygen atoms in total. The van der Waals surface area contributed by atoms with Crippen LogP contribution in [0.1, 0.15) is 11.3 Å². The fourth-order valence-electron chi connectivity index (χ4n) is 0.674. The summed E-state index contributed by atoms with van der Waals surface area (Å²) >= 11 is 0. The maximum Gasteiger partial charge on any atom is 0.126 e. The molecule has 52 valence electrons. The van der Waals surface area contributed by atoms with Gasteiger partial charge in [0.05, 0.1) is 5.69 Å². The number of hydrogen-bond acceptors (Lipinski definition) is 2. The summed E-state index contributed by atoms with van der Waals surface area (Å²) in [6, 6.07) is 3.82. The van der Waals surface area contributed by atoms with Crippen LogP contribution in [0.2, 0.25) is 0 Å². The Balaban J connectivity index is 3.16. The van der Waals surface area contributed by atoms with Gasteiger partial charge in [-0.1, -0.05) is 12.6 Å². The standard InChI is InChI=1S/C8H10N2/c1-3-7-5-4-6(2)8(9)10-7/h3-5H,1H2,2H3,(H2,9,10). The van der Waals surface area contributed by atoms with Crippen LogP contribution in [-0.4, -0.2) is 4.98 Å². The number of aryl methyl sites for hydroxylation is 1. The molecule has 1 heterocycles. The summed E-state index contributed by atoms with van der Waals surface area (Å²) in [5, 5.41) is 0. The predicted octanol–water partition coefficient (Wildman–Crippen LogP) is 1.62. The molecule has 0 saturated carbocycles. The fraction of sp³-hybridized carbons (Fsp3) is 0.125. The first kappa shape index (κ1) is 6.81. The molecule has 0 aromatic carbocycles. The van der Waals surface area contributed by atoms with E-state index >= 15 is 0 Å². The molecule has 2 N–H and O–H groups in total. The van der Waals surface area contributed by atoms with Gasteiger partial charge in [0.25, 0.3) is 0 Å². The van der Waals surface area contributed by atoms with Crippen molar-refractivity contribution in [3.8, 4) is 0 Å². The van der Waals surface area contributed by atoms with Gasteiger partial charge in [0, 0.05) is 0 Å². The third-order valence-corrected chi connectivity index (χ3v) is 1.37. The van der Waals surface area contributed by atoms with Gasteiger partial charge in [-0.15, -0.1) is 0 Å². The second-order valence-corrected chi connectivity index (χ2v) is 2.14. The maximum absolute atomic E-state index is 5.54. The number of anilines is 1. The summed E-state index contributed by atoms with van der Waals surface area (Å²) < 4.78 is 0. The van der Waals surface area contributed by atoms with Gasteiger partial charge in [-0.2, -0.15) is 0 Å². The van der Waals surface area contributed by atoms with E-state index in [1.54, 1.807) is 6.08 Å². The van der Waals surface area contributed by atoms with Crippen LogP contribution in [0.4, 0.5) is 5.82 Å². The summed E-state index contributed by atoms with van der Waals surface area (Å²) in [7, 11) is 0. The highest BCUT2D eigenvalue weighted by molar-refractivity contribution is 5.48. The van der Waals surface area contributed by atoms with Gasteiger partial charge in [0.2, 0.25) is 0 Å². The smallest absolute Gasteiger partial charge is 0.126 e. The van der Waals surface area contributed by atoms with Gasteiger partial charge in [-0.3, -0.25) is 0 Å². The minimum Gasteiger partial charge on any atom is -0.383 e. The lowest BCUT2D eigenvalue weighted by molar-refractivity contribution is 1.26. The lowest BCUT2D eigenvalue weighted by Gasteiger charge is -1.98. The third kappa shape index (κ3) is 1.16. The van der Waals surface area contributed by atoms with Crippen molar-refractivity contribution in [3.63, 3.8) is 0 Å². The molecule has 2 heteroatoms. The molecule has 0 aliphatic heterocycles. The van der Waals surface area contributed by atoms with Crippen molar-refractivity contribution >= 4 is 11.9 Å². The molecule has 0 atom stereocenters. The normalized spacial score (nSPS) is 9.30. The van der Waals surface area contributed by atoms with Crippen LogP contribution in [0.5, 0.6) is 0 Å². The molecule has 0 saturated heterocycles. The van der Waals surface area contributed by atoms with E-state index in [2.05, 4.69) is 11.6 Å². The SMILES string of the molecule is C=Cc1ccc(C)c(N)n1. The van der Waals surface area contributed by atoms with E-state index in [-0.39, 0.29) is 0 Å². The number of aromatic nitrogens is 1. The van der Waals surface area contributed by atoms with Crippen molar-refractivity contribution in [2.45, 2.75) is 6.92 Å². The van der Waals surface area contributed by atoms with Crippen LogP contribution < -0.4 is 5.73 Å². The van der Waals surface area contributed by atoms with E-state index in [9.17, 15) is 0 Å². The number of nitrogens with two attached hydrogens (primary N) is 1. The van der Waals surface area contributed by atoms with Crippen molar-refractivity contribution in [1.29, 1.82) is 0 Å². The molecule has 10 heavy (non-hydrogen) atoms. The number of hydrogen-bond donors (Lipinski definition) is 1. The van der Waals surface area contributed by atoms with Crippen molar-refractivity contribution in [3.05, 3.63) is 30.0 Å². The Labute approximate surface area is 60.4 Å². The van der Waals surface area contributed by atoms with E-state index < -0.39 is 0 Å². The quantitative estimate of drug-likeness (QED) is 0.633. The highest BCUT2D eigenvalue weighted by atomic mass is 14.8. The van der Waals surface area contributed by atoms with Crippen LogP contribution in [0.15, 0.2) is 18.7 Å². The van der Waals surface area contributed by atoms with Gasteiger partial charge in [-0.25, -0.2) is 4.98 Å². The van der Waals surface area contributed by atoms with Gasteiger partial charge in [0.15, 0.2) is 0 Å². The lowest BCUT2D eigenvalue weighted by Crippen LogP contribution is -1.94. The molecule has 0 aliphatic carbocycles. The highest BCUT2D eigenvalue weighted by Gasteiger charge is 1.92. The average molecular weight is 134 g/mol. The van der Waals surface area contributed by atoms with E-state index in [0.717, 1.165) is 11.3 Å². The number of nitrogen functional groups attached to an aromatic ring is 1. The van der Waals surface area contributed by atoms with E-state index in [1.165, 1.54) is 0 Å². The first-order valence-corrected chi connectivity index (χ1v) is 3.09. The Morgan fingerprint density at radius 2 is 2.30 bits per heavy atom. The monoisotopic (exact) mass is 134 g/mol. The Hall–Kier alpha value is -1.31. The van der Waals surface area contributed by atoms with Crippen molar-refractivity contribution in [2.24, 2.45) is 0 Å². The second-order valence-electron chi connectivity index (χ2n) is 2.14. The molecule has 0 unspecified atom stereocenters. The molecule has 0 aliphatic rings. The molecule has 1 aromatic heterocycles. The zero-order chi connectivity index (χ0) is 7.56. The molecule has 0 radical (unpaired) electrons. The van der Waals surface area contributed by atoms with Crippen molar-refractivity contribution < 1.29 is 0 Å². The number of nitrogens with zero attached hydrogens (tertiary/aromatic N) is 1. The molecule has 0 amide bonds. The topological polar surface area (TPSA) is 38.9 Å². The van der Waals surface area contributed by atoms with E-state index in [4.69, 9.17) is 5.73 Å². The fourth-order valence-corrected chi connectivity index (χ4v) is 0.674. The van der Waals surface area contributed by atoms with E-state index in [0.29, 0.717) is 5.82 Å². The number of pyridine rings is 1. The summed E-state index contributed by atoms with van der Waals surface area (Å²) in [6.07, 6.45) is 1.68. The zero-order valence-electron chi connectivity index (χ0n) is 5.96. The average Bonchev–Trinajstić information content (AvgIpc) is 1.95. The molecule has 0 fully saturated rings. The molecule has 1 aromatic rings. The minimum absolute atomic E-state index is 0.581. The van der Waals surface area contributed by atoms with Crippen LogP contribution in [0.25, 0.3) is 6.08 Å². The first-order chi connectivity index (χ1) is 4.74. The van der Waals surface area contributed by atoms with Crippen LogP contribution >= 0.6 is 0 Å². The highest BCUT2D eigenvalue weighted by Crippen LogP contribution is 2.07. The summed E-state index contributed by atoms with van der Waals surface area (Å²) in [5.41, 5.74) is 7.36. The maximum atomic E-state index is 5.54. The summed E-state index contributed by atoms with van der Waals surface area (Å²) in [5.74, 6) is 0.581. The van der Waals surface area contributed by atoms with Gasteiger partial charge in [0.1, 0.15) is 5.82 Å². The lowest BCUT2D eigenvalue weighted by atomic mass is 10.2. The molecule has 0 bridgehead atoms. The Bertz CT molecular complexity index is 253. The molecule has 1 rings (SSSR count). The van der Waals surface area contributed by atoms with Gasteiger partial charge in [-0.05, 0) is 24.6 Å². The molecule has 0 spiro atoms. The largest absolute Gasteiger partial charge is 0.383 e. The predicted molar refractivity (Wildman–Crippen MR) is 43.5 cm³/mol. The van der Waals surface area contributed by atoms with Crippen molar-refractivity contribution in [1.82, 2.24) is 4.98 Å². The zero-order valence-corrected chi connectivity index (χ0v) is 5.96. The Kier molecular flexibility index (Phi) is 1.71. The Morgan fingerprint density at radius 3 is 2.80 bits per heavy atom. The van der Waals surface area contributed by atoms with Crippen LogP contribution in [-0.2, 0) is 0 Å². The number of rotatable bonds is 1. The van der Waals surface area contributed by atoms with Crippen LogP contribution in [0.3, 0.4) is 0 Å². The first-order valence-electron chi connectivity index (χ1n) is 3.09. The molecular weight excluding hydrogens is 124 g/mol. The van der Waals surface area contributed by atoms with E-state index in [1.807, 2.05) is 19.1 Å². The van der Waals surface area contributed by atoms with Gasteiger partial charge >= 0.3 is 0 Å². The Morgan fingerprint density at radius 1 is 1.60 bits per heavy atom. The van der Waals surface area contributed by atoms with Gasteiger partial charge < -0.3 is 5.73 Å². The van der Waals surface area contributed by atoms with Crippen LogP contribution in [0, 0.1) is 6.92 Å². The second kappa shape index (κ2) is 2.52. The van der Waals surface area contributed by atoms with Crippen molar-refractivity contribution in [2.75, 3.05) is 5.73 Å². The minimum atomic E-state index is 0.581. The molecular formula is C8H10N2. The summed E-state index contributed by atoms with van der Waals surface area (Å²) in [4.78, 5) is 4.05. The summed E-state index contributed by atoms with van der Waals surface area (Å²) in [6.45, 7) is 5.51. The third-order valence-electron chi connectivity index (χ3n) is 1.37.